The normalized spacial score (nSPS) is 12.0. The van der Waals surface area contributed by atoms with E-state index in [9.17, 15) is 0 Å². The quantitative estimate of drug-likeness (QED) is 0.0797. The molecule has 0 bridgehead atoms. The second kappa shape index (κ2) is 32.9. The monoisotopic (exact) mass is 654 g/mol. The number of phosphoric acid groups is 1. The third-order valence-electron chi connectivity index (χ3n) is 8.38. The lowest BCUT2D eigenvalue weighted by Gasteiger charge is -2.38. The summed E-state index contributed by atoms with van der Waals surface area (Å²) in [5, 5.41) is 0. The molecule has 0 saturated carbocycles. The van der Waals surface area contributed by atoms with Crippen LogP contribution in [0.4, 0.5) is 0 Å². The van der Waals surface area contributed by atoms with Gasteiger partial charge in [0.15, 0.2) is 0 Å². The molecule has 8 heteroatoms. The van der Waals surface area contributed by atoms with Crippen LogP contribution in [0.25, 0.3) is 0 Å². The van der Waals surface area contributed by atoms with Gasteiger partial charge in [0.1, 0.15) is 0 Å². The van der Waals surface area contributed by atoms with Crippen molar-refractivity contribution in [3.8, 4) is 0 Å². The average molecular weight is 654 g/mol. The van der Waals surface area contributed by atoms with Gasteiger partial charge >= 0.3 is 0 Å². The first kappa shape index (κ1) is 50.8. The van der Waals surface area contributed by atoms with Gasteiger partial charge in [0.25, 0.3) is 0 Å². The molecule has 0 radical (unpaired) electrons. The lowest BCUT2D eigenvalue weighted by molar-refractivity contribution is -0.928. The molecule has 0 heterocycles. The molecule has 0 rings (SSSR count). The van der Waals surface area contributed by atoms with Crippen LogP contribution in [0.2, 0.25) is 0 Å². The van der Waals surface area contributed by atoms with Crippen molar-refractivity contribution >= 4 is 7.82 Å². The van der Waals surface area contributed by atoms with Crippen molar-refractivity contribution in [2.45, 2.75) is 160 Å². The predicted octanol–water partition coefficient (Wildman–Crippen LogP) is 7.51. The van der Waals surface area contributed by atoms with Crippen molar-refractivity contribution in [2.75, 3.05) is 78.5 Å². The molecule has 0 unspecified atom stereocenters. The molecule has 0 aromatic carbocycles. The van der Waals surface area contributed by atoms with Crippen LogP contribution < -0.4 is 14.7 Å². The molecule has 272 valence electrons. The van der Waals surface area contributed by atoms with Crippen LogP contribution >= 0.6 is 7.82 Å². The Hall–Kier alpha value is -0.0100. The predicted molar refractivity (Wildman–Crippen MR) is 190 cm³/mol. The maximum Gasteiger partial charge on any atom is 0.0783 e. The summed E-state index contributed by atoms with van der Waals surface area (Å²) in [7, 11) is -5.39. The summed E-state index contributed by atoms with van der Waals surface area (Å²) >= 11 is 0. The second-order valence-electron chi connectivity index (χ2n) is 13.2. The van der Waals surface area contributed by atoms with Crippen LogP contribution in [-0.4, -0.2) is 92.0 Å². The summed E-state index contributed by atoms with van der Waals surface area (Å²) in [4.78, 5) is 25.6. The van der Waals surface area contributed by atoms with E-state index in [-0.39, 0.29) is 0 Å². The minimum Gasteiger partial charge on any atom is -0.822 e. The first-order valence-corrected chi connectivity index (χ1v) is 20.5. The van der Waals surface area contributed by atoms with Gasteiger partial charge in [-0.05, 0) is 77.0 Å². The molecule has 0 aliphatic heterocycles. The van der Waals surface area contributed by atoms with E-state index in [2.05, 4.69) is 83.1 Å². The van der Waals surface area contributed by atoms with Crippen molar-refractivity contribution < 1.29 is 32.7 Å². The Morgan fingerprint density at radius 3 is 0.409 bits per heavy atom. The van der Waals surface area contributed by atoms with E-state index >= 15 is 0 Å². The average Bonchev–Trinajstić information content (AvgIpc) is 2.90. The van der Waals surface area contributed by atoms with E-state index < -0.39 is 7.82 Å². The molecule has 0 N–H and O–H groups in total. The van der Waals surface area contributed by atoms with Gasteiger partial charge in [0.2, 0.25) is 0 Å². The standard InChI is InChI=1S/3C12H28N.H3O4P/c3*1-5-9-13(10-6-2,11-7-3)12-8-4;1-5(2,3)4/h3*5-12H2,1-4H3;(H3,1,2,3,4)/q3*+1;/p-3. The molecular weight excluding hydrogens is 569 g/mol. The third-order valence-corrected chi connectivity index (χ3v) is 8.38. The molecule has 0 fully saturated rings. The number of rotatable bonds is 24. The fourth-order valence-electron chi connectivity index (χ4n) is 7.70. The maximum atomic E-state index is 8.55. The number of quaternary nitrogens is 3. The number of nitrogens with zero attached hydrogens (tertiary/aromatic N) is 3. The van der Waals surface area contributed by atoms with Crippen molar-refractivity contribution in [1.29, 1.82) is 0 Å². The summed E-state index contributed by atoms with van der Waals surface area (Å²) in [6.07, 6.45) is 16.0. The van der Waals surface area contributed by atoms with E-state index in [0.717, 1.165) is 0 Å². The van der Waals surface area contributed by atoms with Crippen molar-refractivity contribution in [3.05, 3.63) is 0 Å². The molecule has 0 saturated heterocycles. The van der Waals surface area contributed by atoms with Crippen molar-refractivity contribution in [3.63, 3.8) is 0 Å². The Kier molecular flexibility index (Phi) is 38.0. The van der Waals surface area contributed by atoms with Crippen LogP contribution in [0.5, 0.6) is 0 Å². The van der Waals surface area contributed by atoms with Gasteiger partial charge < -0.3 is 32.7 Å². The van der Waals surface area contributed by atoms with Crippen molar-refractivity contribution in [1.82, 2.24) is 0 Å². The van der Waals surface area contributed by atoms with Crippen LogP contribution in [0.1, 0.15) is 160 Å². The molecule has 0 spiro atoms. The van der Waals surface area contributed by atoms with Gasteiger partial charge in [0.05, 0.1) is 78.5 Å². The topological polar surface area (TPSA) is 86.2 Å². The smallest absolute Gasteiger partial charge is 0.0783 e. The zero-order chi connectivity index (χ0) is 35.0. The minimum absolute atomic E-state index is 1.33. The minimum atomic E-state index is -5.39. The zero-order valence-electron chi connectivity index (χ0n) is 32.4. The Labute approximate surface area is 278 Å². The number of hydrogen-bond acceptors (Lipinski definition) is 4. The molecule has 0 aromatic rings. The third kappa shape index (κ3) is 30.6. The molecule has 44 heavy (non-hydrogen) atoms. The summed E-state index contributed by atoms with van der Waals surface area (Å²) in [6, 6.07) is 0. The Balaban J connectivity index is -0.000000253. The summed E-state index contributed by atoms with van der Waals surface area (Å²) < 4.78 is 12.7. The highest BCUT2D eigenvalue weighted by Gasteiger charge is 2.24. The fraction of sp³-hybridized carbons (Fsp3) is 1.00. The van der Waals surface area contributed by atoms with Crippen LogP contribution in [0.15, 0.2) is 0 Å². The van der Waals surface area contributed by atoms with Gasteiger partial charge in [-0.3, -0.25) is 0 Å². The molecule has 0 aliphatic rings. The van der Waals surface area contributed by atoms with E-state index in [1.54, 1.807) is 0 Å². The lowest BCUT2D eigenvalue weighted by atomic mass is 10.2. The summed E-state index contributed by atoms with van der Waals surface area (Å²) in [5.74, 6) is 0. The molecule has 0 aromatic heterocycles. The Bertz CT molecular complexity index is 453. The van der Waals surface area contributed by atoms with Crippen LogP contribution in [0, 0.1) is 0 Å². The largest absolute Gasteiger partial charge is 0.822 e. The van der Waals surface area contributed by atoms with E-state index in [0.29, 0.717) is 0 Å². The van der Waals surface area contributed by atoms with Gasteiger partial charge in [-0.15, -0.1) is 0 Å². The van der Waals surface area contributed by atoms with E-state index in [1.165, 1.54) is 169 Å². The molecule has 0 amide bonds. The highest BCUT2D eigenvalue weighted by atomic mass is 31.2. The summed E-state index contributed by atoms with van der Waals surface area (Å²) in [5.41, 5.74) is 0. The zero-order valence-corrected chi connectivity index (χ0v) is 33.3. The summed E-state index contributed by atoms with van der Waals surface area (Å²) in [6.45, 7) is 44.4. The fourth-order valence-corrected chi connectivity index (χ4v) is 7.70. The first-order valence-electron chi connectivity index (χ1n) is 19.0. The lowest BCUT2D eigenvalue weighted by Crippen LogP contribution is -2.50. The van der Waals surface area contributed by atoms with Gasteiger partial charge in [-0.25, -0.2) is 0 Å². The molecular formula is C36H84N3O4P. The van der Waals surface area contributed by atoms with Gasteiger partial charge in [0, 0.05) is 0 Å². The SMILES string of the molecule is CCC[N+](CCC)(CCC)CCC.CCC[N+](CCC)(CCC)CCC.CCC[N+](CCC)(CCC)CCC.O=P([O-])([O-])[O-]. The van der Waals surface area contributed by atoms with E-state index in [1.807, 2.05) is 0 Å². The Morgan fingerprint density at radius 1 is 0.295 bits per heavy atom. The molecule has 0 aliphatic carbocycles. The van der Waals surface area contributed by atoms with Crippen LogP contribution in [0.3, 0.4) is 0 Å². The number of hydrogen-bond donors (Lipinski definition) is 0. The highest BCUT2D eigenvalue weighted by Crippen LogP contribution is 2.14. The van der Waals surface area contributed by atoms with Crippen molar-refractivity contribution in [2.24, 2.45) is 0 Å². The molecule has 7 nitrogen and oxygen atoms in total. The van der Waals surface area contributed by atoms with Gasteiger partial charge in [-0.2, -0.15) is 7.82 Å². The highest BCUT2D eigenvalue weighted by molar-refractivity contribution is 7.40. The maximum absolute atomic E-state index is 8.55. The first-order chi connectivity index (χ1) is 20.7. The second-order valence-corrected chi connectivity index (χ2v) is 14.0. The Morgan fingerprint density at radius 2 is 0.364 bits per heavy atom. The van der Waals surface area contributed by atoms with E-state index in [4.69, 9.17) is 19.2 Å². The van der Waals surface area contributed by atoms with Crippen LogP contribution in [-0.2, 0) is 4.57 Å². The van der Waals surface area contributed by atoms with Gasteiger partial charge in [-0.1, -0.05) is 83.1 Å². The molecule has 0 atom stereocenters.